The first-order valence-corrected chi connectivity index (χ1v) is 5.82. The quantitative estimate of drug-likeness (QED) is 0.868. The minimum absolute atomic E-state index is 0. The number of halogens is 2. The summed E-state index contributed by atoms with van der Waals surface area (Å²) in [7, 11) is 0. The van der Waals surface area contributed by atoms with Crippen molar-refractivity contribution in [3.63, 3.8) is 0 Å². The highest BCUT2D eigenvalue weighted by atomic mass is 35.5. The van der Waals surface area contributed by atoms with Gasteiger partial charge in [0.25, 0.3) is 5.91 Å². The van der Waals surface area contributed by atoms with E-state index in [0.29, 0.717) is 10.6 Å². The lowest BCUT2D eigenvalue weighted by atomic mass is 10.1. The first-order valence-electron chi connectivity index (χ1n) is 5.44. The van der Waals surface area contributed by atoms with Gasteiger partial charge in [-0.1, -0.05) is 17.7 Å². The first-order chi connectivity index (χ1) is 7.66. The lowest BCUT2D eigenvalue weighted by Crippen LogP contribution is -2.36. The van der Waals surface area contributed by atoms with Crippen LogP contribution in [0, 0.1) is 6.92 Å². The molecule has 0 spiro atoms. The third kappa shape index (κ3) is 3.60. The number of benzene rings is 1. The van der Waals surface area contributed by atoms with Gasteiger partial charge in [0.2, 0.25) is 0 Å². The number of aryl methyl sites for hydroxylation is 1. The maximum absolute atomic E-state index is 12.0. The Labute approximate surface area is 112 Å². The zero-order valence-corrected chi connectivity index (χ0v) is 11.2. The van der Waals surface area contributed by atoms with E-state index < -0.39 is 0 Å². The minimum Gasteiger partial charge on any atom is -0.348 e. The van der Waals surface area contributed by atoms with Crippen molar-refractivity contribution in [3.05, 3.63) is 34.3 Å². The second-order valence-electron chi connectivity index (χ2n) is 4.12. The molecule has 1 aromatic rings. The predicted molar refractivity (Wildman–Crippen MR) is 72.2 cm³/mol. The van der Waals surface area contributed by atoms with Crippen LogP contribution in [-0.2, 0) is 0 Å². The van der Waals surface area contributed by atoms with Gasteiger partial charge in [0.1, 0.15) is 0 Å². The Bertz CT molecular complexity index is 403. The van der Waals surface area contributed by atoms with E-state index >= 15 is 0 Å². The number of nitrogens with one attached hydrogen (secondary N) is 2. The van der Waals surface area contributed by atoms with Crippen LogP contribution in [0.3, 0.4) is 0 Å². The summed E-state index contributed by atoms with van der Waals surface area (Å²) < 4.78 is 0. The lowest BCUT2D eigenvalue weighted by molar-refractivity contribution is 0.0939. The molecule has 1 aliphatic heterocycles. The van der Waals surface area contributed by atoms with Crippen molar-refractivity contribution < 1.29 is 4.79 Å². The van der Waals surface area contributed by atoms with Crippen LogP contribution in [0.2, 0.25) is 5.02 Å². The van der Waals surface area contributed by atoms with E-state index in [9.17, 15) is 4.79 Å². The average molecular weight is 275 g/mol. The molecule has 0 aromatic heterocycles. The number of amides is 1. The Morgan fingerprint density at radius 3 is 2.94 bits per heavy atom. The van der Waals surface area contributed by atoms with Crippen molar-refractivity contribution in [2.24, 2.45) is 0 Å². The van der Waals surface area contributed by atoms with Crippen LogP contribution >= 0.6 is 24.0 Å². The second kappa shape index (κ2) is 6.24. The zero-order chi connectivity index (χ0) is 11.5. The molecule has 1 aliphatic rings. The smallest absolute Gasteiger partial charge is 0.251 e. The predicted octanol–water partition coefficient (Wildman–Crippen LogP) is 2.16. The third-order valence-electron chi connectivity index (χ3n) is 2.84. The van der Waals surface area contributed by atoms with Gasteiger partial charge in [-0.25, -0.2) is 0 Å². The summed E-state index contributed by atoms with van der Waals surface area (Å²) in [6.07, 6.45) is 0.991. The molecule has 1 amide bonds. The van der Waals surface area contributed by atoms with E-state index in [1.54, 1.807) is 12.1 Å². The normalized spacial score (nSPS) is 18.6. The summed E-state index contributed by atoms with van der Waals surface area (Å²) >= 11 is 5.89. The fourth-order valence-electron chi connectivity index (χ4n) is 1.88. The van der Waals surface area contributed by atoms with Crippen molar-refractivity contribution in [1.29, 1.82) is 0 Å². The topological polar surface area (TPSA) is 41.1 Å². The highest BCUT2D eigenvalue weighted by Gasteiger charge is 2.18. The third-order valence-corrected chi connectivity index (χ3v) is 3.07. The highest BCUT2D eigenvalue weighted by Crippen LogP contribution is 2.15. The molecule has 1 aromatic carbocycles. The molecule has 3 nitrogen and oxygen atoms in total. The average Bonchev–Trinajstić information content (AvgIpc) is 2.74. The minimum atomic E-state index is -0.0336. The number of rotatable bonds is 2. The summed E-state index contributed by atoms with van der Waals surface area (Å²) in [5.41, 5.74) is 1.62. The summed E-state index contributed by atoms with van der Waals surface area (Å²) in [4.78, 5) is 12.0. The zero-order valence-electron chi connectivity index (χ0n) is 9.63. The van der Waals surface area contributed by atoms with Gasteiger partial charge in [0, 0.05) is 23.2 Å². The summed E-state index contributed by atoms with van der Waals surface area (Å²) in [6.45, 7) is 3.74. The van der Waals surface area contributed by atoms with Crippen LogP contribution in [-0.4, -0.2) is 25.0 Å². The molecular weight excluding hydrogens is 259 g/mol. The standard InChI is InChI=1S/C12H15ClN2O.ClH/c1-8-2-3-9(13)6-11(8)12(16)15-10-4-5-14-7-10;/h2-3,6,10,14H,4-5,7H2,1H3,(H,15,16);1H. The molecule has 2 N–H and O–H groups in total. The van der Waals surface area contributed by atoms with Gasteiger partial charge >= 0.3 is 0 Å². The molecule has 1 heterocycles. The Kier molecular flexibility index (Phi) is 5.25. The van der Waals surface area contributed by atoms with Crippen LogP contribution < -0.4 is 10.6 Å². The number of hydrogen-bond donors (Lipinski definition) is 2. The van der Waals surface area contributed by atoms with Crippen molar-refractivity contribution in [2.45, 2.75) is 19.4 Å². The van der Waals surface area contributed by atoms with Crippen molar-refractivity contribution in [1.82, 2.24) is 10.6 Å². The molecule has 0 radical (unpaired) electrons. The van der Waals surface area contributed by atoms with Crippen LogP contribution in [0.4, 0.5) is 0 Å². The van der Waals surface area contributed by atoms with E-state index in [1.165, 1.54) is 0 Å². The molecule has 1 saturated heterocycles. The highest BCUT2D eigenvalue weighted by molar-refractivity contribution is 6.31. The monoisotopic (exact) mass is 274 g/mol. The summed E-state index contributed by atoms with van der Waals surface area (Å²) in [5.74, 6) is -0.0336. The van der Waals surface area contributed by atoms with Gasteiger partial charge in [-0.05, 0) is 37.6 Å². The molecular formula is C12H16Cl2N2O. The molecule has 17 heavy (non-hydrogen) atoms. The lowest BCUT2D eigenvalue weighted by Gasteiger charge is -2.12. The number of carbonyl (C=O) groups excluding carboxylic acids is 1. The SMILES string of the molecule is Cc1ccc(Cl)cc1C(=O)NC1CCNC1.Cl. The van der Waals surface area contributed by atoms with Gasteiger partial charge in [0.15, 0.2) is 0 Å². The maximum Gasteiger partial charge on any atom is 0.251 e. The van der Waals surface area contributed by atoms with Crippen molar-refractivity contribution >= 4 is 29.9 Å². The van der Waals surface area contributed by atoms with Crippen LogP contribution in [0.1, 0.15) is 22.3 Å². The molecule has 2 rings (SSSR count). The molecule has 0 bridgehead atoms. The molecule has 94 valence electrons. The van der Waals surface area contributed by atoms with Crippen molar-refractivity contribution in [3.8, 4) is 0 Å². The van der Waals surface area contributed by atoms with Crippen LogP contribution in [0.15, 0.2) is 18.2 Å². The van der Waals surface area contributed by atoms with Crippen molar-refractivity contribution in [2.75, 3.05) is 13.1 Å². The fourth-order valence-corrected chi connectivity index (χ4v) is 2.05. The molecule has 1 unspecified atom stereocenters. The molecule has 1 fully saturated rings. The van der Waals surface area contributed by atoms with Gasteiger partial charge in [-0.15, -0.1) is 12.4 Å². The Balaban J connectivity index is 0.00000144. The van der Waals surface area contributed by atoms with Crippen LogP contribution in [0.25, 0.3) is 0 Å². The fraction of sp³-hybridized carbons (Fsp3) is 0.417. The number of hydrogen-bond acceptors (Lipinski definition) is 2. The van der Waals surface area contributed by atoms with Gasteiger partial charge in [-0.3, -0.25) is 4.79 Å². The van der Waals surface area contributed by atoms with E-state index in [4.69, 9.17) is 11.6 Å². The Morgan fingerprint density at radius 1 is 1.53 bits per heavy atom. The summed E-state index contributed by atoms with van der Waals surface area (Å²) in [5, 5.41) is 6.81. The summed E-state index contributed by atoms with van der Waals surface area (Å²) in [6, 6.07) is 5.62. The largest absolute Gasteiger partial charge is 0.348 e. The maximum atomic E-state index is 12.0. The van der Waals surface area contributed by atoms with E-state index in [1.807, 2.05) is 13.0 Å². The second-order valence-corrected chi connectivity index (χ2v) is 4.56. The Hall–Kier alpha value is -0.770. The molecule has 5 heteroatoms. The number of carbonyl (C=O) groups is 1. The van der Waals surface area contributed by atoms with E-state index in [0.717, 1.165) is 25.1 Å². The van der Waals surface area contributed by atoms with Gasteiger partial charge < -0.3 is 10.6 Å². The van der Waals surface area contributed by atoms with Gasteiger partial charge in [0.05, 0.1) is 0 Å². The first kappa shape index (κ1) is 14.3. The molecule has 1 atom stereocenters. The van der Waals surface area contributed by atoms with Crippen LogP contribution in [0.5, 0.6) is 0 Å². The van der Waals surface area contributed by atoms with E-state index in [-0.39, 0.29) is 24.4 Å². The van der Waals surface area contributed by atoms with E-state index in [2.05, 4.69) is 10.6 Å². The molecule has 0 saturated carbocycles. The Morgan fingerprint density at radius 2 is 2.29 bits per heavy atom. The van der Waals surface area contributed by atoms with Gasteiger partial charge in [-0.2, -0.15) is 0 Å². The molecule has 0 aliphatic carbocycles.